The SMILES string of the molecule is CCC1CCN(CC(=O)N2CCN(c3ccc(-c4ncccn4)cc3)CC2)C1. The maximum Gasteiger partial charge on any atom is 0.236 e. The monoisotopic (exact) mass is 379 g/mol. The molecule has 3 heterocycles. The lowest BCUT2D eigenvalue weighted by Crippen LogP contribution is -2.51. The minimum absolute atomic E-state index is 0.285. The van der Waals surface area contributed by atoms with Crippen LogP contribution in [0, 0.1) is 5.92 Å². The third-order valence-corrected chi connectivity index (χ3v) is 5.99. The van der Waals surface area contributed by atoms with Crippen molar-refractivity contribution in [3.05, 3.63) is 42.7 Å². The second-order valence-electron chi connectivity index (χ2n) is 7.79. The summed E-state index contributed by atoms with van der Waals surface area (Å²) in [7, 11) is 0. The molecule has 148 valence electrons. The zero-order valence-corrected chi connectivity index (χ0v) is 16.6. The molecule has 0 N–H and O–H groups in total. The molecular weight excluding hydrogens is 350 g/mol. The second-order valence-corrected chi connectivity index (χ2v) is 7.79. The molecule has 0 bridgehead atoms. The number of rotatable bonds is 5. The molecule has 2 fully saturated rings. The molecule has 28 heavy (non-hydrogen) atoms. The Morgan fingerprint density at radius 1 is 1.04 bits per heavy atom. The summed E-state index contributed by atoms with van der Waals surface area (Å²) >= 11 is 0. The first-order valence-corrected chi connectivity index (χ1v) is 10.4. The molecule has 0 spiro atoms. The smallest absolute Gasteiger partial charge is 0.236 e. The molecule has 1 unspecified atom stereocenters. The van der Waals surface area contributed by atoms with Crippen LogP contribution in [0.5, 0.6) is 0 Å². The van der Waals surface area contributed by atoms with Crippen LogP contribution in [0.25, 0.3) is 11.4 Å². The van der Waals surface area contributed by atoms with Crippen LogP contribution < -0.4 is 4.90 Å². The molecule has 1 amide bonds. The van der Waals surface area contributed by atoms with Gasteiger partial charge in [-0.25, -0.2) is 9.97 Å². The highest BCUT2D eigenvalue weighted by Gasteiger charge is 2.26. The van der Waals surface area contributed by atoms with Gasteiger partial charge in [0.15, 0.2) is 5.82 Å². The standard InChI is InChI=1S/C22H29N5O/c1-2-18-8-11-25(16-18)17-21(28)27-14-12-26(13-15-27)20-6-4-19(5-7-20)22-23-9-3-10-24-22/h3-7,9-10,18H,2,8,11-17H2,1H3. The van der Waals surface area contributed by atoms with Crippen LogP contribution in [0.3, 0.4) is 0 Å². The van der Waals surface area contributed by atoms with Crippen molar-refractivity contribution in [1.29, 1.82) is 0 Å². The fraction of sp³-hybridized carbons (Fsp3) is 0.500. The van der Waals surface area contributed by atoms with E-state index in [4.69, 9.17) is 0 Å². The lowest BCUT2D eigenvalue weighted by atomic mass is 10.1. The predicted molar refractivity (Wildman–Crippen MR) is 111 cm³/mol. The Kier molecular flexibility index (Phi) is 5.86. The number of benzene rings is 1. The minimum Gasteiger partial charge on any atom is -0.368 e. The third kappa shape index (κ3) is 4.33. The van der Waals surface area contributed by atoms with Crippen molar-refractivity contribution in [3.63, 3.8) is 0 Å². The molecule has 1 aromatic heterocycles. The largest absolute Gasteiger partial charge is 0.368 e. The Morgan fingerprint density at radius 2 is 1.75 bits per heavy atom. The van der Waals surface area contributed by atoms with Gasteiger partial charge in [0.25, 0.3) is 0 Å². The lowest BCUT2D eigenvalue weighted by Gasteiger charge is -2.36. The predicted octanol–water partition coefficient (Wildman–Crippen LogP) is 2.52. The van der Waals surface area contributed by atoms with Crippen molar-refractivity contribution >= 4 is 11.6 Å². The van der Waals surface area contributed by atoms with Crippen LogP contribution in [-0.2, 0) is 4.79 Å². The molecule has 1 aromatic carbocycles. The molecule has 6 heteroatoms. The lowest BCUT2D eigenvalue weighted by molar-refractivity contribution is -0.132. The van der Waals surface area contributed by atoms with Crippen LogP contribution in [0.2, 0.25) is 0 Å². The van der Waals surface area contributed by atoms with E-state index in [1.54, 1.807) is 12.4 Å². The van der Waals surface area contributed by atoms with E-state index in [-0.39, 0.29) is 5.91 Å². The van der Waals surface area contributed by atoms with Gasteiger partial charge in [0, 0.05) is 56.4 Å². The normalized spacial score (nSPS) is 20.5. The maximum atomic E-state index is 12.6. The van der Waals surface area contributed by atoms with Crippen LogP contribution in [0.4, 0.5) is 5.69 Å². The van der Waals surface area contributed by atoms with Crippen LogP contribution in [0.15, 0.2) is 42.7 Å². The van der Waals surface area contributed by atoms with E-state index < -0.39 is 0 Å². The van der Waals surface area contributed by atoms with Gasteiger partial charge in [-0.3, -0.25) is 9.69 Å². The van der Waals surface area contributed by atoms with Gasteiger partial charge < -0.3 is 9.80 Å². The molecule has 0 radical (unpaired) electrons. The number of piperazine rings is 1. The number of carbonyl (C=O) groups excluding carboxylic acids is 1. The zero-order valence-electron chi connectivity index (χ0n) is 16.6. The molecule has 4 rings (SSSR count). The van der Waals surface area contributed by atoms with Crippen LogP contribution in [-0.4, -0.2) is 71.5 Å². The van der Waals surface area contributed by atoms with Gasteiger partial charge in [-0.05, 0) is 49.2 Å². The summed E-state index contributed by atoms with van der Waals surface area (Å²) in [5, 5.41) is 0. The third-order valence-electron chi connectivity index (χ3n) is 5.99. The van der Waals surface area contributed by atoms with E-state index in [9.17, 15) is 4.79 Å². The molecule has 0 saturated carbocycles. The first-order valence-electron chi connectivity index (χ1n) is 10.4. The number of amides is 1. The molecule has 1 atom stereocenters. The van der Waals surface area contributed by atoms with E-state index in [1.807, 2.05) is 11.0 Å². The van der Waals surface area contributed by atoms with Crippen LogP contribution in [0.1, 0.15) is 19.8 Å². The van der Waals surface area contributed by atoms with Crippen molar-refractivity contribution in [2.45, 2.75) is 19.8 Å². The van der Waals surface area contributed by atoms with Gasteiger partial charge in [0.1, 0.15) is 0 Å². The minimum atomic E-state index is 0.285. The molecule has 6 nitrogen and oxygen atoms in total. The highest BCUT2D eigenvalue weighted by Crippen LogP contribution is 2.22. The highest BCUT2D eigenvalue weighted by molar-refractivity contribution is 5.78. The first-order chi connectivity index (χ1) is 13.7. The van der Waals surface area contributed by atoms with Crippen molar-refractivity contribution < 1.29 is 4.79 Å². The molecule has 2 saturated heterocycles. The van der Waals surface area contributed by atoms with Crippen molar-refractivity contribution in [2.24, 2.45) is 5.92 Å². The Balaban J connectivity index is 1.28. The number of nitrogens with zero attached hydrogens (tertiary/aromatic N) is 5. The number of likely N-dealkylation sites (tertiary alicyclic amines) is 1. The summed E-state index contributed by atoms with van der Waals surface area (Å²) in [5.74, 6) is 1.80. The van der Waals surface area contributed by atoms with E-state index in [1.165, 1.54) is 18.5 Å². The number of aromatic nitrogens is 2. The first kappa shape index (κ1) is 18.9. The number of anilines is 1. The zero-order chi connectivity index (χ0) is 19.3. The van der Waals surface area contributed by atoms with E-state index >= 15 is 0 Å². The summed E-state index contributed by atoms with van der Waals surface area (Å²) in [6.07, 6.45) is 5.98. The van der Waals surface area contributed by atoms with Gasteiger partial charge in [0.05, 0.1) is 6.54 Å². The Hall–Kier alpha value is -2.47. The average molecular weight is 380 g/mol. The molecule has 2 aromatic rings. The molecule has 2 aliphatic rings. The van der Waals surface area contributed by atoms with E-state index in [2.05, 4.69) is 51.0 Å². The summed E-state index contributed by atoms with van der Waals surface area (Å²) in [4.78, 5) is 28.0. The van der Waals surface area contributed by atoms with Gasteiger partial charge in [-0.2, -0.15) is 0 Å². The second kappa shape index (κ2) is 8.69. The van der Waals surface area contributed by atoms with Gasteiger partial charge in [-0.1, -0.05) is 13.3 Å². The van der Waals surface area contributed by atoms with Crippen molar-refractivity contribution in [2.75, 3.05) is 50.7 Å². The summed E-state index contributed by atoms with van der Waals surface area (Å²) in [6.45, 7) is 8.34. The Bertz CT molecular complexity index is 771. The Morgan fingerprint density at radius 3 is 2.39 bits per heavy atom. The number of carbonyl (C=O) groups is 1. The Labute approximate surface area is 167 Å². The summed E-state index contributed by atoms with van der Waals surface area (Å²) in [6, 6.07) is 10.2. The van der Waals surface area contributed by atoms with Crippen molar-refractivity contribution in [1.82, 2.24) is 19.8 Å². The van der Waals surface area contributed by atoms with Gasteiger partial charge >= 0.3 is 0 Å². The fourth-order valence-electron chi connectivity index (χ4n) is 4.16. The summed E-state index contributed by atoms with van der Waals surface area (Å²) in [5.41, 5.74) is 2.21. The van der Waals surface area contributed by atoms with Gasteiger partial charge in [0.2, 0.25) is 5.91 Å². The highest BCUT2D eigenvalue weighted by atomic mass is 16.2. The fourth-order valence-corrected chi connectivity index (χ4v) is 4.16. The molecule has 2 aliphatic heterocycles. The average Bonchev–Trinajstić information content (AvgIpc) is 3.22. The van der Waals surface area contributed by atoms with E-state index in [0.29, 0.717) is 6.54 Å². The van der Waals surface area contributed by atoms with Gasteiger partial charge in [-0.15, -0.1) is 0 Å². The number of hydrogen-bond donors (Lipinski definition) is 0. The van der Waals surface area contributed by atoms with Crippen LogP contribution >= 0.6 is 0 Å². The molecular formula is C22H29N5O. The van der Waals surface area contributed by atoms with Crippen molar-refractivity contribution in [3.8, 4) is 11.4 Å². The quantitative estimate of drug-likeness (QED) is 0.799. The molecule has 0 aliphatic carbocycles. The maximum absolute atomic E-state index is 12.6. The van der Waals surface area contributed by atoms with E-state index in [0.717, 1.165) is 56.6 Å². The summed E-state index contributed by atoms with van der Waals surface area (Å²) < 4.78 is 0. The number of hydrogen-bond acceptors (Lipinski definition) is 5. The topological polar surface area (TPSA) is 52.6 Å².